The number of carbonyl (C=O) groups excluding carboxylic acids is 1. The van der Waals surface area contributed by atoms with Crippen molar-refractivity contribution in [2.75, 3.05) is 52.9 Å². The van der Waals surface area contributed by atoms with Crippen molar-refractivity contribution >= 4 is 46.6 Å². The van der Waals surface area contributed by atoms with Gasteiger partial charge < -0.3 is 15.1 Å². The largest absolute Gasteiger partial charge is 0.352 e. The van der Waals surface area contributed by atoms with Crippen LogP contribution in [0, 0.1) is 0 Å². The maximum Gasteiger partial charge on any atom is 0.236 e. The fourth-order valence-corrected chi connectivity index (χ4v) is 4.51. The van der Waals surface area contributed by atoms with Crippen LogP contribution in [0.4, 0.5) is 0 Å². The Morgan fingerprint density at radius 1 is 0.903 bits per heavy atom. The van der Waals surface area contributed by atoms with Crippen LogP contribution < -0.4 is 5.32 Å². The Bertz CT molecular complexity index is 883. The third-order valence-electron chi connectivity index (χ3n) is 6.27. The minimum Gasteiger partial charge on any atom is -0.352 e. The molecule has 7 heteroatoms. The first-order chi connectivity index (χ1) is 14.7. The van der Waals surface area contributed by atoms with Crippen molar-refractivity contribution in [3.63, 3.8) is 0 Å². The molecule has 2 fully saturated rings. The Morgan fingerprint density at radius 3 is 2.35 bits per heavy atom. The van der Waals surface area contributed by atoms with Gasteiger partial charge in [-0.05, 0) is 35.6 Å². The number of aliphatic imine (C=N–C) groups is 1. The normalized spacial score (nSPS) is 18.0. The molecule has 4 rings (SSSR count). The lowest BCUT2D eigenvalue weighted by Gasteiger charge is -2.37. The summed E-state index contributed by atoms with van der Waals surface area (Å²) < 4.78 is 0. The molecule has 0 radical (unpaired) electrons. The summed E-state index contributed by atoms with van der Waals surface area (Å²) in [5, 5.41) is 6.08. The number of rotatable bonds is 4. The molecule has 0 saturated carbocycles. The van der Waals surface area contributed by atoms with Gasteiger partial charge in [0.15, 0.2) is 5.96 Å². The molecule has 2 heterocycles. The highest BCUT2D eigenvalue weighted by Gasteiger charge is 2.24. The van der Waals surface area contributed by atoms with E-state index < -0.39 is 0 Å². The zero-order valence-corrected chi connectivity index (χ0v) is 20.8. The monoisotopic (exact) mass is 535 g/mol. The Morgan fingerprint density at radius 2 is 1.61 bits per heavy atom. The third-order valence-corrected chi connectivity index (χ3v) is 6.27. The zero-order valence-electron chi connectivity index (χ0n) is 18.4. The van der Waals surface area contributed by atoms with Crippen molar-refractivity contribution in [3.05, 3.63) is 48.0 Å². The average molecular weight is 535 g/mol. The molecular formula is C24H34IN5O. The molecule has 0 atom stereocenters. The van der Waals surface area contributed by atoms with E-state index in [1.54, 1.807) is 0 Å². The minimum atomic E-state index is 0. The summed E-state index contributed by atoms with van der Waals surface area (Å²) in [6.45, 7) is 6.75. The molecule has 1 amide bonds. The first-order valence-electron chi connectivity index (χ1n) is 11.2. The first kappa shape index (κ1) is 23.8. The summed E-state index contributed by atoms with van der Waals surface area (Å²) in [7, 11) is 1.84. The molecule has 0 bridgehead atoms. The molecule has 2 aromatic rings. The van der Waals surface area contributed by atoms with Gasteiger partial charge in [-0.15, -0.1) is 24.0 Å². The van der Waals surface area contributed by atoms with E-state index in [0.29, 0.717) is 12.5 Å². The van der Waals surface area contributed by atoms with Crippen molar-refractivity contribution < 1.29 is 4.79 Å². The molecule has 2 saturated heterocycles. The molecule has 2 aromatic carbocycles. The lowest BCUT2D eigenvalue weighted by molar-refractivity contribution is -0.133. The molecular weight excluding hydrogens is 501 g/mol. The molecule has 0 aromatic heterocycles. The van der Waals surface area contributed by atoms with Crippen molar-refractivity contribution in [1.29, 1.82) is 0 Å². The predicted octanol–water partition coefficient (Wildman–Crippen LogP) is 3.16. The fraction of sp³-hybridized carbons (Fsp3) is 0.500. The highest BCUT2D eigenvalue weighted by molar-refractivity contribution is 14.0. The number of guanidine groups is 1. The van der Waals surface area contributed by atoms with Gasteiger partial charge in [-0.3, -0.25) is 14.7 Å². The molecule has 0 spiro atoms. The van der Waals surface area contributed by atoms with Gasteiger partial charge in [0, 0.05) is 52.9 Å². The van der Waals surface area contributed by atoms with Crippen LogP contribution in [0.15, 0.2) is 47.5 Å². The maximum atomic E-state index is 12.5. The quantitative estimate of drug-likeness (QED) is 0.372. The number of hydrogen-bond donors (Lipinski definition) is 1. The summed E-state index contributed by atoms with van der Waals surface area (Å²) in [5.74, 6) is 1.23. The zero-order chi connectivity index (χ0) is 20.8. The summed E-state index contributed by atoms with van der Waals surface area (Å²) >= 11 is 0. The van der Waals surface area contributed by atoms with E-state index in [0.717, 1.165) is 64.6 Å². The molecule has 168 valence electrons. The minimum absolute atomic E-state index is 0. The third kappa shape index (κ3) is 6.10. The standard InChI is InChI=1S/C24H33N5O.HI/c1-25-24(26-18-21-10-7-9-20-8-3-4-11-22(20)21)29-16-14-27(15-17-29)19-23(30)28-12-5-2-6-13-28;/h3-4,7-11H,2,5-6,12-19H2,1H3,(H,25,26);1H. The number of fused-ring (bicyclic) bond motifs is 1. The lowest BCUT2D eigenvalue weighted by atomic mass is 10.0. The lowest BCUT2D eigenvalue weighted by Crippen LogP contribution is -2.54. The number of nitrogens with one attached hydrogen (secondary N) is 1. The second-order valence-corrected chi connectivity index (χ2v) is 8.24. The van der Waals surface area contributed by atoms with E-state index in [2.05, 4.69) is 62.6 Å². The van der Waals surface area contributed by atoms with Crippen molar-refractivity contribution in [3.8, 4) is 0 Å². The summed E-state index contributed by atoms with van der Waals surface area (Å²) in [6.07, 6.45) is 3.56. The van der Waals surface area contributed by atoms with Crippen LogP contribution in [0.1, 0.15) is 24.8 Å². The molecule has 2 aliphatic rings. The Hall–Kier alpha value is -1.87. The second kappa shape index (κ2) is 11.7. The molecule has 6 nitrogen and oxygen atoms in total. The Labute approximate surface area is 202 Å². The van der Waals surface area contributed by atoms with Crippen LogP contribution in [-0.2, 0) is 11.3 Å². The van der Waals surface area contributed by atoms with Crippen LogP contribution in [-0.4, -0.2) is 79.4 Å². The fourth-order valence-electron chi connectivity index (χ4n) is 4.51. The van der Waals surface area contributed by atoms with Crippen LogP contribution in [0.25, 0.3) is 10.8 Å². The average Bonchev–Trinajstić information content (AvgIpc) is 2.81. The highest BCUT2D eigenvalue weighted by atomic mass is 127. The molecule has 0 aliphatic carbocycles. The van der Waals surface area contributed by atoms with Gasteiger partial charge in [-0.1, -0.05) is 42.5 Å². The number of halogens is 1. The smallest absolute Gasteiger partial charge is 0.236 e. The van der Waals surface area contributed by atoms with E-state index in [1.807, 2.05) is 11.9 Å². The predicted molar refractivity (Wildman–Crippen MR) is 138 cm³/mol. The number of amides is 1. The van der Waals surface area contributed by atoms with Gasteiger partial charge in [-0.2, -0.15) is 0 Å². The van der Waals surface area contributed by atoms with E-state index in [-0.39, 0.29) is 24.0 Å². The highest BCUT2D eigenvalue weighted by Crippen LogP contribution is 2.18. The van der Waals surface area contributed by atoms with Gasteiger partial charge >= 0.3 is 0 Å². The van der Waals surface area contributed by atoms with E-state index in [4.69, 9.17) is 0 Å². The summed E-state index contributed by atoms with van der Waals surface area (Å²) in [4.78, 5) is 23.7. The van der Waals surface area contributed by atoms with Gasteiger partial charge in [0.2, 0.25) is 5.91 Å². The van der Waals surface area contributed by atoms with Crippen LogP contribution in [0.5, 0.6) is 0 Å². The number of hydrogen-bond acceptors (Lipinski definition) is 3. The van der Waals surface area contributed by atoms with E-state index >= 15 is 0 Å². The molecule has 1 N–H and O–H groups in total. The van der Waals surface area contributed by atoms with Crippen molar-refractivity contribution in [1.82, 2.24) is 20.0 Å². The number of nitrogens with zero attached hydrogens (tertiary/aromatic N) is 4. The molecule has 0 unspecified atom stereocenters. The first-order valence-corrected chi connectivity index (χ1v) is 11.2. The molecule has 31 heavy (non-hydrogen) atoms. The van der Waals surface area contributed by atoms with E-state index in [1.165, 1.54) is 22.8 Å². The van der Waals surface area contributed by atoms with Gasteiger partial charge in [0.1, 0.15) is 0 Å². The second-order valence-electron chi connectivity index (χ2n) is 8.24. The number of piperazine rings is 1. The van der Waals surface area contributed by atoms with Crippen molar-refractivity contribution in [2.45, 2.75) is 25.8 Å². The topological polar surface area (TPSA) is 51.2 Å². The van der Waals surface area contributed by atoms with Crippen LogP contribution in [0.3, 0.4) is 0 Å². The Balaban J connectivity index is 0.00000272. The van der Waals surface area contributed by atoms with Gasteiger partial charge in [-0.25, -0.2) is 0 Å². The van der Waals surface area contributed by atoms with Crippen molar-refractivity contribution in [2.24, 2.45) is 4.99 Å². The van der Waals surface area contributed by atoms with Crippen LogP contribution in [0.2, 0.25) is 0 Å². The summed E-state index contributed by atoms with van der Waals surface area (Å²) in [6, 6.07) is 14.9. The number of carbonyl (C=O) groups is 1. The molecule has 2 aliphatic heterocycles. The maximum absolute atomic E-state index is 12.5. The van der Waals surface area contributed by atoms with Gasteiger partial charge in [0.25, 0.3) is 0 Å². The van der Waals surface area contributed by atoms with Crippen LogP contribution >= 0.6 is 24.0 Å². The van der Waals surface area contributed by atoms with E-state index in [9.17, 15) is 4.79 Å². The SMILES string of the molecule is CN=C(NCc1cccc2ccccc12)N1CCN(CC(=O)N2CCCCC2)CC1.I. The van der Waals surface area contributed by atoms with Gasteiger partial charge in [0.05, 0.1) is 6.54 Å². The number of piperidine rings is 1. The number of likely N-dealkylation sites (tertiary alicyclic amines) is 1. The number of benzene rings is 2. The Kier molecular flexibility index (Phi) is 8.95. The summed E-state index contributed by atoms with van der Waals surface area (Å²) in [5.41, 5.74) is 1.28.